The highest BCUT2D eigenvalue weighted by Crippen LogP contribution is 2.31. The van der Waals surface area contributed by atoms with Crippen molar-refractivity contribution in [1.29, 1.82) is 0 Å². The summed E-state index contributed by atoms with van der Waals surface area (Å²) in [5, 5.41) is 18.9. The van der Waals surface area contributed by atoms with Gasteiger partial charge < -0.3 is 15.4 Å². The Hall–Kier alpha value is -3.25. The van der Waals surface area contributed by atoms with E-state index in [9.17, 15) is 8.78 Å². The maximum Gasteiger partial charge on any atom is 0.243 e. The van der Waals surface area contributed by atoms with Gasteiger partial charge in [0.05, 0.1) is 43.4 Å². The van der Waals surface area contributed by atoms with E-state index in [-0.39, 0.29) is 12.7 Å². The van der Waals surface area contributed by atoms with Gasteiger partial charge in [-0.2, -0.15) is 15.2 Å². The lowest BCUT2D eigenvalue weighted by molar-refractivity contribution is -0.0794. The Morgan fingerprint density at radius 1 is 1.21 bits per heavy atom. The minimum Gasteiger partial charge on any atom is -0.378 e. The average molecular weight is 530 g/mol. The van der Waals surface area contributed by atoms with Crippen LogP contribution in [0.3, 0.4) is 0 Å². The van der Waals surface area contributed by atoms with Crippen molar-refractivity contribution in [3.63, 3.8) is 0 Å². The Bertz CT molecular complexity index is 1230. The van der Waals surface area contributed by atoms with Crippen LogP contribution in [0.25, 0.3) is 16.8 Å². The normalized spacial score (nSPS) is 20.3. The number of hydrogen-bond acceptors (Lipinski definition) is 9. The quantitative estimate of drug-likeness (QED) is 0.403. The summed E-state index contributed by atoms with van der Waals surface area (Å²) in [6.07, 6.45) is 3.25. The van der Waals surface area contributed by atoms with Crippen molar-refractivity contribution >= 4 is 23.0 Å². The number of piperidine rings is 1. The molecule has 206 valence electrons. The number of fused-ring (bicyclic) bond motifs is 1. The molecule has 2 aliphatic rings. The molecule has 2 unspecified atom stereocenters. The van der Waals surface area contributed by atoms with Crippen LogP contribution in [0.1, 0.15) is 31.9 Å². The Labute approximate surface area is 221 Å². The molecule has 5 rings (SSSR count). The van der Waals surface area contributed by atoms with Crippen molar-refractivity contribution < 1.29 is 13.5 Å². The molecule has 10 nitrogen and oxygen atoms in total. The summed E-state index contributed by atoms with van der Waals surface area (Å²) in [7, 11) is 3.44. The predicted molar refractivity (Wildman–Crippen MR) is 145 cm³/mol. The lowest BCUT2D eigenvalue weighted by Gasteiger charge is -2.42. The fraction of sp³-hybridized carbons (Fsp3) is 0.577. The van der Waals surface area contributed by atoms with Crippen molar-refractivity contribution in [2.45, 2.75) is 51.4 Å². The number of azo groups is 1. The molecule has 2 atom stereocenters. The van der Waals surface area contributed by atoms with Crippen LogP contribution in [-0.2, 0) is 4.74 Å². The predicted octanol–water partition coefficient (Wildman–Crippen LogP) is 4.83. The summed E-state index contributed by atoms with van der Waals surface area (Å²) >= 11 is 0. The van der Waals surface area contributed by atoms with Gasteiger partial charge in [-0.05, 0) is 38.0 Å². The average Bonchev–Trinajstić information content (AvgIpc) is 3.30. The zero-order chi connectivity index (χ0) is 27.1. The summed E-state index contributed by atoms with van der Waals surface area (Å²) in [5.74, 6) is 1.04. The molecule has 0 radical (unpaired) electrons. The zero-order valence-electron chi connectivity index (χ0n) is 22.5. The molecule has 0 aliphatic carbocycles. The topological polar surface area (TPSA) is 104 Å². The molecule has 0 aromatic carbocycles. The summed E-state index contributed by atoms with van der Waals surface area (Å²) < 4.78 is 32.9. The second kappa shape index (κ2) is 13.0. The molecule has 12 heteroatoms. The molecule has 0 bridgehead atoms. The first-order valence-electron chi connectivity index (χ1n) is 13.1. The van der Waals surface area contributed by atoms with E-state index in [1.54, 1.807) is 11.6 Å². The summed E-state index contributed by atoms with van der Waals surface area (Å²) in [5.41, 5.74) is 4.02. The molecule has 3 aromatic heterocycles. The number of hydrogen-bond donors (Lipinski definition) is 2. The minimum absolute atomic E-state index is 0.156. The van der Waals surface area contributed by atoms with Crippen molar-refractivity contribution in [3.05, 3.63) is 30.1 Å². The number of aryl methyl sites for hydroxylation is 1. The van der Waals surface area contributed by atoms with Gasteiger partial charge in [-0.15, -0.1) is 5.10 Å². The Morgan fingerprint density at radius 3 is 2.61 bits per heavy atom. The molecule has 3 aromatic rings. The van der Waals surface area contributed by atoms with Crippen LogP contribution >= 0.6 is 0 Å². The van der Waals surface area contributed by atoms with E-state index < -0.39 is 6.17 Å². The van der Waals surface area contributed by atoms with Crippen molar-refractivity contribution in [2.75, 3.05) is 57.7 Å². The number of aromatic nitrogens is 4. The third kappa shape index (κ3) is 6.24. The Kier molecular flexibility index (Phi) is 9.51. The number of ether oxygens (including phenoxy) is 1. The number of likely N-dealkylation sites (tertiary alicyclic amines) is 1. The summed E-state index contributed by atoms with van der Waals surface area (Å²) in [6.45, 7) is 6.35. The number of rotatable bonds is 8. The third-order valence-electron chi connectivity index (χ3n) is 6.80. The van der Waals surface area contributed by atoms with E-state index in [0.717, 1.165) is 47.5 Å². The molecule has 2 aliphatic heterocycles. The molecule has 2 fully saturated rings. The van der Waals surface area contributed by atoms with Gasteiger partial charge in [0.1, 0.15) is 17.4 Å². The fourth-order valence-electron chi connectivity index (χ4n) is 4.54. The first-order valence-corrected chi connectivity index (χ1v) is 13.1. The smallest absolute Gasteiger partial charge is 0.243 e. The van der Waals surface area contributed by atoms with E-state index in [1.165, 1.54) is 0 Å². The molecule has 5 heterocycles. The van der Waals surface area contributed by atoms with E-state index in [4.69, 9.17) is 4.74 Å². The van der Waals surface area contributed by atoms with Crippen molar-refractivity contribution in [1.82, 2.24) is 24.5 Å². The summed E-state index contributed by atoms with van der Waals surface area (Å²) in [6, 6.07) is 5.78. The Morgan fingerprint density at radius 2 is 2.03 bits per heavy atom. The molecule has 0 saturated carbocycles. The van der Waals surface area contributed by atoms with Gasteiger partial charge in [-0.3, -0.25) is 14.3 Å². The van der Waals surface area contributed by atoms with Crippen LogP contribution in [0, 0.1) is 6.92 Å². The van der Waals surface area contributed by atoms with Crippen LogP contribution in [0.4, 0.5) is 26.2 Å². The van der Waals surface area contributed by atoms with Crippen LogP contribution < -0.4 is 10.6 Å². The number of halogens is 2. The monoisotopic (exact) mass is 529 g/mol. The van der Waals surface area contributed by atoms with Gasteiger partial charge in [-0.1, -0.05) is 13.3 Å². The van der Waals surface area contributed by atoms with E-state index in [2.05, 4.69) is 40.8 Å². The highest BCUT2D eigenvalue weighted by molar-refractivity contribution is 5.87. The van der Waals surface area contributed by atoms with Crippen molar-refractivity contribution in [3.8, 4) is 11.3 Å². The minimum atomic E-state index is -0.997. The first-order chi connectivity index (χ1) is 18.5. The zero-order valence-corrected chi connectivity index (χ0v) is 22.5. The van der Waals surface area contributed by atoms with Crippen LogP contribution in [0.15, 0.2) is 34.6 Å². The molecular formula is C26H37F2N9O. The van der Waals surface area contributed by atoms with E-state index in [0.29, 0.717) is 44.0 Å². The van der Waals surface area contributed by atoms with Gasteiger partial charge in [0.25, 0.3) is 0 Å². The maximum atomic E-state index is 14.9. The number of pyridine rings is 1. The Balaban J connectivity index is 0.000000617. The van der Waals surface area contributed by atoms with Crippen LogP contribution in [0.2, 0.25) is 0 Å². The second-order valence-corrected chi connectivity index (χ2v) is 9.44. The third-order valence-corrected chi connectivity index (χ3v) is 6.80. The highest BCUT2D eigenvalue weighted by Gasteiger charge is 2.35. The standard InChI is InChI=1S/C22H28FN9O.C4H9F/c1-13-17(29-25-3)4-5-18(26-13)15-6-9-32-20(15)21(24-2)28-22(30-32)27-19-7-8-31(10-16(19)23)14-11-33-12-14;1-2-3-4-5/h4-6,9,14,16,19H,7-8,10-12H2,1-3H3,(H2,24,27,28,30);2-4H2,1H3. The lowest BCUT2D eigenvalue weighted by atomic mass is 10.0. The van der Waals surface area contributed by atoms with E-state index in [1.807, 2.05) is 45.3 Å². The van der Waals surface area contributed by atoms with Crippen molar-refractivity contribution in [2.24, 2.45) is 10.2 Å². The largest absolute Gasteiger partial charge is 0.378 e. The number of anilines is 2. The van der Waals surface area contributed by atoms with Crippen LogP contribution in [0.5, 0.6) is 0 Å². The van der Waals surface area contributed by atoms with Gasteiger partial charge >= 0.3 is 0 Å². The number of nitrogens with one attached hydrogen (secondary N) is 2. The molecule has 38 heavy (non-hydrogen) atoms. The molecular weight excluding hydrogens is 492 g/mol. The summed E-state index contributed by atoms with van der Waals surface area (Å²) in [4.78, 5) is 11.5. The number of alkyl halides is 2. The maximum absolute atomic E-state index is 14.9. The van der Waals surface area contributed by atoms with Gasteiger partial charge in [0.2, 0.25) is 5.95 Å². The van der Waals surface area contributed by atoms with Gasteiger partial charge in [0.15, 0.2) is 5.82 Å². The molecule has 2 saturated heterocycles. The SMILES string of the molecule is CCCCF.CN=Nc1ccc(-c2ccn3nc(NC4CCN(C5COC5)CC4F)nc(NC)c23)nc1C. The molecule has 0 amide bonds. The number of unbranched alkanes of at least 4 members (excludes halogenated alkanes) is 1. The van der Waals surface area contributed by atoms with Crippen LogP contribution in [-0.4, -0.2) is 89.8 Å². The van der Waals surface area contributed by atoms with E-state index >= 15 is 0 Å². The molecule has 0 spiro atoms. The first kappa shape index (κ1) is 27.8. The molecule has 2 N–H and O–H groups in total. The highest BCUT2D eigenvalue weighted by atomic mass is 19.1. The second-order valence-electron chi connectivity index (χ2n) is 9.44. The van der Waals surface area contributed by atoms with Gasteiger partial charge in [0, 0.05) is 38.9 Å². The number of nitrogens with zero attached hydrogens (tertiary/aromatic N) is 7. The fourth-order valence-corrected chi connectivity index (χ4v) is 4.54. The lowest BCUT2D eigenvalue weighted by Crippen LogP contribution is -2.57. The van der Waals surface area contributed by atoms with Gasteiger partial charge in [-0.25, -0.2) is 8.91 Å².